The molecular weight excluding hydrogens is 326 g/mol. The first-order chi connectivity index (χ1) is 11.7. The smallest absolute Gasteiger partial charge is 0.247 e. The molecule has 0 spiro atoms. The average Bonchev–Trinajstić information content (AvgIpc) is 3.21. The first-order valence-electron chi connectivity index (χ1n) is 7.75. The standard InChI is InChI=1S/C16H17N5O2S/c1-10-7-14-19-15(22)8-11(21(14)20-10)9-24-16-17-5-4-12(18-16)13-3-2-6-23-13/h2-6,8,10,14,20H,7,9H2,1H3,(H,19,22). The van der Waals surface area contributed by atoms with Crippen LogP contribution < -0.4 is 10.7 Å². The van der Waals surface area contributed by atoms with Crippen molar-refractivity contribution in [2.45, 2.75) is 30.7 Å². The van der Waals surface area contributed by atoms with Crippen LogP contribution in [0.4, 0.5) is 0 Å². The third-order valence-electron chi connectivity index (χ3n) is 3.92. The van der Waals surface area contributed by atoms with Gasteiger partial charge in [0.1, 0.15) is 11.9 Å². The minimum atomic E-state index is -0.0481. The second kappa shape index (κ2) is 6.29. The van der Waals surface area contributed by atoms with Crippen molar-refractivity contribution in [1.29, 1.82) is 0 Å². The summed E-state index contributed by atoms with van der Waals surface area (Å²) in [6.07, 6.45) is 5.87. The molecule has 1 fully saturated rings. The molecule has 2 N–H and O–H groups in total. The number of furan rings is 1. The van der Waals surface area contributed by atoms with Crippen LogP contribution in [0.5, 0.6) is 0 Å². The van der Waals surface area contributed by atoms with Crippen LogP contribution in [0.15, 0.2) is 52.0 Å². The summed E-state index contributed by atoms with van der Waals surface area (Å²) in [5, 5.41) is 5.65. The van der Waals surface area contributed by atoms with E-state index in [4.69, 9.17) is 4.42 Å². The van der Waals surface area contributed by atoms with Gasteiger partial charge in [0.05, 0.1) is 6.26 Å². The Morgan fingerprint density at radius 2 is 2.38 bits per heavy atom. The van der Waals surface area contributed by atoms with Crippen molar-refractivity contribution in [1.82, 2.24) is 25.7 Å². The van der Waals surface area contributed by atoms with Gasteiger partial charge in [0.15, 0.2) is 10.9 Å². The summed E-state index contributed by atoms with van der Waals surface area (Å²) >= 11 is 1.50. The van der Waals surface area contributed by atoms with E-state index in [0.29, 0.717) is 22.7 Å². The largest absolute Gasteiger partial charge is 0.463 e. The average molecular weight is 343 g/mol. The molecule has 2 aromatic heterocycles. The van der Waals surface area contributed by atoms with Crippen molar-refractivity contribution in [3.63, 3.8) is 0 Å². The van der Waals surface area contributed by atoms with Crippen LogP contribution in [0.25, 0.3) is 11.5 Å². The summed E-state index contributed by atoms with van der Waals surface area (Å²) in [6.45, 7) is 2.10. The number of nitrogens with zero attached hydrogens (tertiary/aromatic N) is 3. The number of carbonyl (C=O) groups excluding carboxylic acids is 1. The molecule has 2 aliphatic rings. The summed E-state index contributed by atoms with van der Waals surface area (Å²) in [5.74, 6) is 1.28. The second-order valence-electron chi connectivity index (χ2n) is 5.79. The molecule has 0 aliphatic carbocycles. The molecule has 7 nitrogen and oxygen atoms in total. The zero-order chi connectivity index (χ0) is 16.5. The number of hydrogen-bond acceptors (Lipinski definition) is 7. The van der Waals surface area contributed by atoms with E-state index in [0.717, 1.165) is 17.8 Å². The van der Waals surface area contributed by atoms with Crippen molar-refractivity contribution < 1.29 is 9.21 Å². The highest BCUT2D eigenvalue weighted by Crippen LogP contribution is 2.26. The molecule has 1 amide bonds. The summed E-state index contributed by atoms with van der Waals surface area (Å²) in [7, 11) is 0. The van der Waals surface area contributed by atoms with E-state index in [9.17, 15) is 4.79 Å². The molecule has 2 aromatic rings. The molecule has 24 heavy (non-hydrogen) atoms. The maximum absolute atomic E-state index is 11.8. The zero-order valence-electron chi connectivity index (χ0n) is 13.1. The number of hydrazine groups is 1. The van der Waals surface area contributed by atoms with E-state index in [2.05, 4.69) is 27.6 Å². The minimum absolute atomic E-state index is 0.0171. The van der Waals surface area contributed by atoms with Crippen LogP contribution in [0, 0.1) is 0 Å². The van der Waals surface area contributed by atoms with Crippen LogP contribution in [-0.2, 0) is 4.79 Å². The lowest BCUT2D eigenvalue weighted by atomic mass is 10.2. The summed E-state index contributed by atoms with van der Waals surface area (Å²) in [5.41, 5.74) is 5.06. The Balaban J connectivity index is 1.48. The van der Waals surface area contributed by atoms with Gasteiger partial charge in [-0.05, 0) is 25.1 Å². The SMILES string of the molecule is CC1CC2NC(=O)C=C(CSc3nccc(-c4ccco4)n3)N2N1. The Morgan fingerprint density at radius 1 is 1.46 bits per heavy atom. The summed E-state index contributed by atoms with van der Waals surface area (Å²) in [6, 6.07) is 5.84. The van der Waals surface area contributed by atoms with Gasteiger partial charge in [0.25, 0.3) is 0 Å². The number of hydrogen-bond donors (Lipinski definition) is 2. The molecule has 2 unspecified atom stereocenters. The van der Waals surface area contributed by atoms with E-state index in [1.54, 1.807) is 18.5 Å². The van der Waals surface area contributed by atoms with Crippen LogP contribution in [0.2, 0.25) is 0 Å². The number of carbonyl (C=O) groups is 1. The Bertz CT molecular complexity index is 777. The lowest BCUT2D eigenvalue weighted by Crippen LogP contribution is -2.51. The van der Waals surface area contributed by atoms with Crippen LogP contribution in [-0.4, -0.2) is 38.8 Å². The molecule has 8 heteroatoms. The van der Waals surface area contributed by atoms with Gasteiger partial charge in [0, 0.05) is 36.2 Å². The van der Waals surface area contributed by atoms with Crippen molar-refractivity contribution in [2.24, 2.45) is 0 Å². The molecule has 4 heterocycles. The normalized spacial score (nSPS) is 23.0. The number of rotatable bonds is 4. The van der Waals surface area contributed by atoms with Gasteiger partial charge < -0.3 is 9.73 Å². The molecule has 0 aromatic carbocycles. The quantitative estimate of drug-likeness (QED) is 0.646. The maximum atomic E-state index is 11.8. The Hall–Kier alpha value is -2.32. The van der Waals surface area contributed by atoms with Gasteiger partial charge in [-0.25, -0.2) is 15.4 Å². The topological polar surface area (TPSA) is 83.3 Å². The molecule has 0 bridgehead atoms. The molecule has 2 atom stereocenters. The molecule has 1 saturated heterocycles. The lowest BCUT2D eigenvalue weighted by molar-refractivity contribution is -0.119. The lowest BCUT2D eigenvalue weighted by Gasteiger charge is -2.32. The van der Waals surface area contributed by atoms with Crippen molar-refractivity contribution in [2.75, 3.05) is 5.75 Å². The number of aromatic nitrogens is 2. The zero-order valence-corrected chi connectivity index (χ0v) is 13.9. The molecule has 4 rings (SSSR count). The fraction of sp³-hybridized carbons (Fsp3) is 0.312. The second-order valence-corrected chi connectivity index (χ2v) is 6.73. The van der Waals surface area contributed by atoms with Gasteiger partial charge in [-0.1, -0.05) is 11.8 Å². The Morgan fingerprint density at radius 3 is 3.21 bits per heavy atom. The highest BCUT2D eigenvalue weighted by molar-refractivity contribution is 7.99. The third kappa shape index (κ3) is 3.02. The number of amides is 1. The van der Waals surface area contributed by atoms with Gasteiger partial charge in [0.2, 0.25) is 5.91 Å². The summed E-state index contributed by atoms with van der Waals surface area (Å²) in [4.78, 5) is 20.7. The maximum Gasteiger partial charge on any atom is 0.247 e. The highest BCUT2D eigenvalue weighted by atomic mass is 32.2. The molecule has 0 radical (unpaired) electrons. The van der Waals surface area contributed by atoms with E-state index >= 15 is 0 Å². The van der Waals surface area contributed by atoms with Gasteiger partial charge >= 0.3 is 0 Å². The first kappa shape index (κ1) is 15.2. The van der Waals surface area contributed by atoms with E-state index in [1.807, 2.05) is 23.2 Å². The molecule has 2 aliphatic heterocycles. The van der Waals surface area contributed by atoms with E-state index in [-0.39, 0.29) is 12.1 Å². The molecule has 0 saturated carbocycles. The highest BCUT2D eigenvalue weighted by Gasteiger charge is 2.34. The van der Waals surface area contributed by atoms with E-state index < -0.39 is 0 Å². The van der Waals surface area contributed by atoms with Crippen molar-refractivity contribution in [3.8, 4) is 11.5 Å². The monoisotopic (exact) mass is 343 g/mol. The Kier molecular flexibility index (Phi) is 3.99. The van der Waals surface area contributed by atoms with Crippen LogP contribution in [0.3, 0.4) is 0 Å². The van der Waals surface area contributed by atoms with Crippen molar-refractivity contribution in [3.05, 3.63) is 42.4 Å². The molecule has 124 valence electrons. The molecular formula is C16H17N5O2S. The van der Waals surface area contributed by atoms with Crippen LogP contribution in [0.1, 0.15) is 13.3 Å². The van der Waals surface area contributed by atoms with Gasteiger partial charge in [-0.3, -0.25) is 9.80 Å². The fourth-order valence-electron chi connectivity index (χ4n) is 2.88. The predicted molar refractivity (Wildman–Crippen MR) is 89.5 cm³/mol. The fourth-order valence-corrected chi connectivity index (χ4v) is 3.67. The number of thioether (sulfide) groups is 1. The minimum Gasteiger partial charge on any atom is -0.463 e. The number of nitrogens with one attached hydrogen (secondary N) is 2. The first-order valence-corrected chi connectivity index (χ1v) is 8.74. The van der Waals surface area contributed by atoms with Gasteiger partial charge in [-0.15, -0.1) is 0 Å². The van der Waals surface area contributed by atoms with Crippen LogP contribution >= 0.6 is 11.8 Å². The summed E-state index contributed by atoms with van der Waals surface area (Å²) < 4.78 is 5.37. The number of fused-ring (bicyclic) bond motifs is 1. The Labute approximate surface area is 143 Å². The van der Waals surface area contributed by atoms with E-state index in [1.165, 1.54) is 11.8 Å². The predicted octanol–water partition coefficient (Wildman–Crippen LogP) is 1.77. The third-order valence-corrected chi connectivity index (χ3v) is 4.82. The van der Waals surface area contributed by atoms with Crippen molar-refractivity contribution >= 4 is 17.7 Å². The van der Waals surface area contributed by atoms with Gasteiger partial charge in [-0.2, -0.15) is 0 Å².